The average molecular weight is 317 g/mol. The maximum absolute atomic E-state index is 13.7. The van der Waals surface area contributed by atoms with Crippen LogP contribution in [0.4, 0.5) is 10.1 Å². The number of nitrogens with zero attached hydrogens (tertiary/aromatic N) is 1. The molecule has 1 aromatic rings. The van der Waals surface area contributed by atoms with Crippen molar-refractivity contribution in [3.05, 3.63) is 24.0 Å². The highest BCUT2D eigenvalue weighted by molar-refractivity contribution is 7.89. The molecule has 1 aromatic carbocycles. The van der Waals surface area contributed by atoms with Crippen LogP contribution in [-0.2, 0) is 10.0 Å². The number of nitrogens with one attached hydrogen (secondary N) is 1. The van der Waals surface area contributed by atoms with E-state index in [9.17, 15) is 12.8 Å². The maximum Gasteiger partial charge on any atom is 0.238 e. The van der Waals surface area contributed by atoms with Crippen LogP contribution in [0.2, 0.25) is 0 Å². The molecule has 0 saturated carbocycles. The molecule has 0 heterocycles. The van der Waals surface area contributed by atoms with Crippen LogP contribution in [0.1, 0.15) is 26.7 Å². The van der Waals surface area contributed by atoms with E-state index in [2.05, 4.69) is 31.1 Å². The Bertz CT molecular complexity index is 561. The fraction of sp³-hybridized carbons (Fsp3) is 0.571. The Morgan fingerprint density at radius 2 is 2.00 bits per heavy atom. The molecule has 0 radical (unpaired) electrons. The molecule has 3 N–H and O–H groups in total. The van der Waals surface area contributed by atoms with Crippen LogP contribution in [0, 0.1) is 5.82 Å². The summed E-state index contributed by atoms with van der Waals surface area (Å²) in [5, 5.41) is 7.91. The lowest BCUT2D eigenvalue weighted by Crippen LogP contribution is -2.27. The first-order chi connectivity index (χ1) is 9.71. The molecule has 1 rings (SSSR count). The monoisotopic (exact) mass is 317 g/mol. The van der Waals surface area contributed by atoms with Crippen molar-refractivity contribution in [1.29, 1.82) is 0 Å². The number of rotatable bonds is 8. The number of benzene rings is 1. The Hall–Kier alpha value is -1.18. The third-order valence-corrected chi connectivity index (χ3v) is 4.31. The first kappa shape index (κ1) is 17.9. The van der Waals surface area contributed by atoms with Crippen molar-refractivity contribution in [3.8, 4) is 0 Å². The highest BCUT2D eigenvalue weighted by Crippen LogP contribution is 2.18. The van der Waals surface area contributed by atoms with Crippen molar-refractivity contribution >= 4 is 15.7 Å². The molecule has 0 atom stereocenters. The quantitative estimate of drug-likeness (QED) is 0.719. The summed E-state index contributed by atoms with van der Waals surface area (Å²) in [6.45, 7) is 5.91. The van der Waals surface area contributed by atoms with Gasteiger partial charge in [0.2, 0.25) is 10.0 Å². The topological polar surface area (TPSA) is 75.4 Å². The molecule has 0 aliphatic rings. The SMILES string of the molecule is CC(C)N(C)CCCCNc1ccc(S(N)(=O)=O)cc1F. The molecule has 21 heavy (non-hydrogen) atoms. The van der Waals surface area contributed by atoms with E-state index < -0.39 is 15.8 Å². The Morgan fingerprint density at radius 1 is 1.33 bits per heavy atom. The smallest absolute Gasteiger partial charge is 0.238 e. The van der Waals surface area contributed by atoms with Crippen LogP contribution in [-0.4, -0.2) is 39.5 Å². The van der Waals surface area contributed by atoms with Crippen molar-refractivity contribution < 1.29 is 12.8 Å². The van der Waals surface area contributed by atoms with Gasteiger partial charge in [-0.3, -0.25) is 0 Å². The first-order valence-electron chi connectivity index (χ1n) is 6.98. The van der Waals surface area contributed by atoms with E-state index >= 15 is 0 Å². The van der Waals surface area contributed by atoms with E-state index in [1.165, 1.54) is 12.1 Å². The lowest BCUT2D eigenvalue weighted by atomic mass is 10.2. The third-order valence-electron chi connectivity index (χ3n) is 3.40. The zero-order chi connectivity index (χ0) is 16.0. The predicted molar refractivity (Wildman–Crippen MR) is 83.3 cm³/mol. The molecular formula is C14H24FN3O2S. The Kier molecular flexibility index (Phi) is 6.57. The molecule has 0 saturated heterocycles. The molecule has 0 amide bonds. The number of unbranched alkanes of at least 4 members (excludes halogenated alkanes) is 1. The average Bonchev–Trinajstić information content (AvgIpc) is 2.38. The summed E-state index contributed by atoms with van der Waals surface area (Å²) in [6, 6.07) is 4.15. The van der Waals surface area contributed by atoms with E-state index in [1.807, 2.05) is 0 Å². The molecule has 0 aliphatic carbocycles. The van der Waals surface area contributed by atoms with Crippen LogP contribution < -0.4 is 10.5 Å². The third kappa shape index (κ3) is 5.99. The number of hydrogen-bond donors (Lipinski definition) is 2. The van der Waals surface area contributed by atoms with Crippen LogP contribution in [0.15, 0.2) is 23.1 Å². The minimum atomic E-state index is -3.86. The highest BCUT2D eigenvalue weighted by atomic mass is 32.2. The van der Waals surface area contributed by atoms with Gasteiger partial charge in [-0.25, -0.2) is 17.9 Å². The number of sulfonamides is 1. The second-order valence-corrected chi connectivity index (χ2v) is 6.96. The van der Waals surface area contributed by atoms with Gasteiger partial charge in [0.15, 0.2) is 0 Å². The molecule has 7 heteroatoms. The molecule has 0 aromatic heterocycles. The highest BCUT2D eigenvalue weighted by Gasteiger charge is 2.11. The van der Waals surface area contributed by atoms with Crippen molar-refractivity contribution in [2.24, 2.45) is 5.14 Å². The summed E-state index contributed by atoms with van der Waals surface area (Å²) >= 11 is 0. The van der Waals surface area contributed by atoms with E-state index in [1.54, 1.807) is 0 Å². The van der Waals surface area contributed by atoms with Gasteiger partial charge in [0, 0.05) is 12.6 Å². The fourth-order valence-corrected chi connectivity index (χ4v) is 2.31. The van der Waals surface area contributed by atoms with Crippen LogP contribution >= 0.6 is 0 Å². The van der Waals surface area contributed by atoms with Crippen LogP contribution in [0.25, 0.3) is 0 Å². The van der Waals surface area contributed by atoms with Gasteiger partial charge in [-0.2, -0.15) is 0 Å². The molecule has 5 nitrogen and oxygen atoms in total. The van der Waals surface area contributed by atoms with Crippen molar-refractivity contribution in [2.75, 3.05) is 25.5 Å². The second-order valence-electron chi connectivity index (χ2n) is 5.39. The van der Waals surface area contributed by atoms with Gasteiger partial charge in [-0.05, 0) is 58.5 Å². The minimum Gasteiger partial charge on any atom is -0.383 e. The van der Waals surface area contributed by atoms with Crippen LogP contribution in [0.3, 0.4) is 0 Å². The maximum atomic E-state index is 13.7. The van der Waals surface area contributed by atoms with Gasteiger partial charge in [0.05, 0.1) is 10.6 Å². The number of primary sulfonamides is 1. The van der Waals surface area contributed by atoms with Gasteiger partial charge in [-0.1, -0.05) is 0 Å². The second kappa shape index (κ2) is 7.72. The predicted octanol–water partition coefficient (Wildman–Crippen LogP) is 2.01. The molecule has 0 spiro atoms. The first-order valence-corrected chi connectivity index (χ1v) is 8.53. The number of halogens is 1. The van der Waals surface area contributed by atoms with Gasteiger partial charge >= 0.3 is 0 Å². The lowest BCUT2D eigenvalue weighted by Gasteiger charge is -2.20. The molecule has 0 aliphatic heterocycles. The number of anilines is 1. The number of nitrogens with two attached hydrogens (primary N) is 1. The Labute approximate surface area is 126 Å². The van der Waals surface area contributed by atoms with Crippen molar-refractivity contribution in [3.63, 3.8) is 0 Å². The normalized spacial score (nSPS) is 12.1. The summed E-state index contributed by atoms with van der Waals surface area (Å²) in [4.78, 5) is 2.03. The van der Waals surface area contributed by atoms with E-state index in [0.717, 1.165) is 25.5 Å². The van der Waals surface area contributed by atoms with E-state index in [0.29, 0.717) is 18.3 Å². The van der Waals surface area contributed by atoms with E-state index in [-0.39, 0.29) is 4.90 Å². The zero-order valence-electron chi connectivity index (χ0n) is 12.8. The van der Waals surface area contributed by atoms with Gasteiger partial charge in [0.1, 0.15) is 5.82 Å². The lowest BCUT2D eigenvalue weighted by molar-refractivity contribution is 0.269. The summed E-state index contributed by atoms with van der Waals surface area (Å²) in [7, 11) is -1.79. The minimum absolute atomic E-state index is 0.218. The van der Waals surface area contributed by atoms with Gasteiger partial charge in [0.25, 0.3) is 0 Å². The Balaban J connectivity index is 2.43. The van der Waals surface area contributed by atoms with E-state index in [4.69, 9.17) is 5.14 Å². The summed E-state index contributed by atoms with van der Waals surface area (Å²) in [5.41, 5.74) is 0.291. The van der Waals surface area contributed by atoms with Gasteiger partial charge in [-0.15, -0.1) is 0 Å². The Morgan fingerprint density at radius 3 is 2.52 bits per heavy atom. The molecule has 0 bridgehead atoms. The molecule has 0 unspecified atom stereocenters. The fourth-order valence-electron chi connectivity index (χ4n) is 1.78. The molecule has 120 valence electrons. The summed E-state index contributed by atoms with van der Waals surface area (Å²) in [5.74, 6) is -0.610. The summed E-state index contributed by atoms with van der Waals surface area (Å²) in [6.07, 6.45) is 1.92. The standard InChI is InChI=1S/C14H24FN3O2S/c1-11(2)18(3)9-5-4-8-17-14-7-6-12(10-13(14)15)21(16,19)20/h6-7,10-11,17H,4-5,8-9H2,1-3H3,(H2,16,19,20). The van der Waals surface area contributed by atoms with Gasteiger partial charge < -0.3 is 10.2 Å². The largest absolute Gasteiger partial charge is 0.383 e. The van der Waals surface area contributed by atoms with Crippen molar-refractivity contribution in [1.82, 2.24) is 4.90 Å². The van der Waals surface area contributed by atoms with Crippen LogP contribution in [0.5, 0.6) is 0 Å². The van der Waals surface area contributed by atoms with Crippen molar-refractivity contribution in [2.45, 2.75) is 37.6 Å². The molecular weight excluding hydrogens is 293 g/mol. The summed E-state index contributed by atoms with van der Waals surface area (Å²) < 4.78 is 35.9. The number of hydrogen-bond acceptors (Lipinski definition) is 4. The zero-order valence-corrected chi connectivity index (χ0v) is 13.6. The molecule has 0 fully saturated rings.